The van der Waals surface area contributed by atoms with Gasteiger partial charge in [-0.3, -0.25) is 4.90 Å². The molecule has 1 aliphatic rings. The van der Waals surface area contributed by atoms with E-state index in [1.54, 1.807) is 17.8 Å². The number of hydrogen-bond donors (Lipinski definition) is 3. The minimum atomic E-state index is -0.555. The Hall–Kier alpha value is -2.17. The molecule has 1 saturated heterocycles. The van der Waals surface area contributed by atoms with Crippen molar-refractivity contribution in [3.63, 3.8) is 0 Å². The summed E-state index contributed by atoms with van der Waals surface area (Å²) in [5.74, 6) is 5.78. The molecule has 0 bridgehead atoms. The van der Waals surface area contributed by atoms with E-state index in [0.29, 0.717) is 24.6 Å². The van der Waals surface area contributed by atoms with Gasteiger partial charge >= 0.3 is 0 Å². The van der Waals surface area contributed by atoms with Gasteiger partial charge in [0.15, 0.2) is 0 Å². The molecule has 0 atom stereocenters. The van der Waals surface area contributed by atoms with Crippen LogP contribution in [0.4, 0.5) is 26.2 Å². The van der Waals surface area contributed by atoms with Crippen LogP contribution in [0.3, 0.4) is 0 Å². The quantitative estimate of drug-likeness (QED) is 0.300. The lowest BCUT2D eigenvalue weighted by atomic mass is 10.2. The smallest absolute Gasteiger partial charge is 0.223 e. The molecule has 1 aromatic heterocycles. The number of halogens is 2. The van der Waals surface area contributed by atoms with Gasteiger partial charge in [0.05, 0.1) is 5.69 Å². The van der Waals surface area contributed by atoms with E-state index in [9.17, 15) is 8.78 Å². The normalized spacial score (nSPS) is 15.3. The lowest BCUT2D eigenvalue weighted by Gasteiger charge is -2.36. The van der Waals surface area contributed by atoms with E-state index in [-0.39, 0.29) is 5.95 Å². The Morgan fingerprint density at radius 2 is 1.88 bits per heavy atom. The molecule has 26 heavy (non-hydrogen) atoms. The van der Waals surface area contributed by atoms with Crippen LogP contribution in [0.5, 0.6) is 0 Å². The van der Waals surface area contributed by atoms with Gasteiger partial charge in [-0.1, -0.05) is 0 Å². The Kier molecular flexibility index (Phi) is 6.07. The number of hydrogen-bond acceptors (Lipinski definition) is 8. The van der Waals surface area contributed by atoms with Gasteiger partial charge in [-0.05, 0) is 12.1 Å². The number of thioether (sulfide) groups is 1. The molecule has 2 aromatic rings. The van der Waals surface area contributed by atoms with Crippen molar-refractivity contribution in [2.24, 2.45) is 5.84 Å². The van der Waals surface area contributed by atoms with Crippen LogP contribution in [0.1, 0.15) is 0 Å². The monoisotopic (exact) mass is 381 g/mol. The highest BCUT2D eigenvalue weighted by molar-refractivity contribution is 7.99. The Balaban J connectivity index is 1.46. The maximum atomic E-state index is 13.9. The highest BCUT2D eigenvalue weighted by atomic mass is 32.2. The molecule has 2 heterocycles. The molecule has 10 heteroatoms. The molecule has 140 valence electrons. The molecule has 5 N–H and O–H groups in total. The number of benzene rings is 1. The van der Waals surface area contributed by atoms with Crippen molar-refractivity contribution < 1.29 is 8.78 Å². The summed E-state index contributed by atoms with van der Waals surface area (Å²) in [4.78, 5) is 12.4. The Morgan fingerprint density at radius 3 is 2.58 bits per heavy atom. The van der Waals surface area contributed by atoms with Crippen LogP contribution in [0.2, 0.25) is 0 Å². The first-order chi connectivity index (χ1) is 12.5. The SMILES string of the molecule is NNc1cc(SCCN2CCN(c3ccc(F)cc3F)CC2)nc(N)n1. The van der Waals surface area contributed by atoms with Crippen molar-refractivity contribution in [3.8, 4) is 0 Å². The lowest BCUT2D eigenvalue weighted by molar-refractivity contribution is 0.272. The van der Waals surface area contributed by atoms with Crippen LogP contribution in [0, 0.1) is 11.6 Å². The third kappa shape index (κ3) is 4.71. The molecule has 1 aliphatic heterocycles. The number of nitrogens with two attached hydrogens (primary N) is 2. The average Bonchev–Trinajstić information content (AvgIpc) is 2.62. The molecule has 0 unspecified atom stereocenters. The Bertz CT molecular complexity index is 753. The zero-order chi connectivity index (χ0) is 18.5. The van der Waals surface area contributed by atoms with E-state index in [2.05, 4.69) is 20.3 Å². The van der Waals surface area contributed by atoms with Gasteiger partial charge in [0.25, 0.3) is 0 Å². The van der Waals surface area contributed by atoms with Crippen LogP contribution >= 0.6 is 11.8 Å². The molecule has 1 fully saturated rings. The summed E-state index contributed by atoms with van der Waals surface area (Å²) in [7, 11) is 0. The number of anilines is 3. The van der Waals surface area contributed by atoms with E-state index in [1.165, 1.54) is 12.1 Å². The van der Waals surface area contributed by atoms with Gasteiger partial charge in [0.1, 0.15) is 22.5 Å². The second kappa shape index (κ2) is 8.47. The van der Waals surface area contributed by atoms with Gasteiger partial charge in [0, 0.05) is 50.6 Å². The van der Waals surface area contributed by atoms with Gasteiger partial charge in [0.2, 0.25) is 5.95 Å². The number of nitrogens with zero attached hydrogens (tertiary/aromatic N) is 4. The average molecular weight is 381 g/mol. The summed E-state index contributed by atoms with van der Waals surface area (Å²) in [5.41, 5.74) is 8.56. The molecule has 7 nitrogen and oxygen atoms in total. The Labute approximate surface area is 154 Å². The first-order valence-corrected chi connectivity index (χ1v) is 9.20. The van der Waals surface area contributed by atoms with E-state index in [1.807, 2.05) is 4.90 Å². The second-order valence-electron chi connectivity index (χ2n) is 5.87. The molecule has 0 saturated carbocycles. The third-order valence-corrected chi connectivity index (χ3v) is 5.04. The summed E-state index contributed by atoms with van der Waals surface area (Å²) in [6.07, 6.45) is 0. The summed E-state index contributed by atoms with van der Waals surface area (Å²) in [6.45, 7) is 3.92. The minimum Gasteiger partial charge on any atom is -0.368 e. The first kappa shape index (κ1) is 18.6. The molecule has 0 amide bonds. The number of aromatic nitrogens is 2. The van der Waals surface area contributed by atoms with E-state index < -0.39 is 11.6 Å². The summed E-state index contributed by atoms with van der Waals surface area (Å²) in [6, 6.07) is 5.46. The number of hydrazine groups is 1. The van der Waals surface area contributed by atoms with Crippen molar-refractivity contribution in [2.75, 3.05) is 54.5 Å². The van der Waals surface area contributed by atoms with E-state index >= 15 is 0 Å². The van der Waals surface area contributed by atoms with Gasteiger partial charge in [-0.2, -0.15) is 4.98 Å². The van der Waals surface area contributed by atoms with Crippen LogP contribution < -0.4 is 21.9 Å². The molecular formula is C16H21F2N7S. The molecule has 1 aromatic carbocycles. The van der Waals surface area contributed by atoms with E-state index in [4.69, 9.17) is 11.6 Å². The first-order valence-electron chi connectivity index (χ1n) is 8.21. The Morgan fingerprint density at radius 1 is 1.12 bits per heavy atom. The zero-order valence-corrected chi connectivity index (χ0v) is 15.0. The highest BCUT2D eigenvalue weighted by Gasteiger charge is 2.19. The second-order valence-corrected chi connectivity index (χ2v) is 6.98. The van der Waals surface area contributed by atoms with Crippen molar-refractivity contribution in [2.45, 2.75) is 5.03 Å². The van der Waals surface area contributed by atoms with Crippen molar-refractivity contribution in [3.05, 3.63) is 35.9 Å². The largest absolute Gasteiger partial charge is 0.368 e. The summed E-state index contributed by atoms with van der Waals surface area (Å²) < 4.78 is 26.9. The number of piperazine rings is 1. The van der Waals surface area contributed by atoms with E-state index in [0.717, 1.165) is 36.5 Å². The fourth-order valence-corrected chi connectivity index (χ4v) is 3.73. The van der Waals surface area contributed by atoms with Crippen LogP contribution in [-0.2, 0) is 0 Å². The van der Waals surface area contributed by atoms with Crippen molar-refractivity contribution in [1.29, 1.82) is 0 Å². The third-order valence-electron chi connectivity index (χ3n) is 4.15. The van der Waals surface area contributed by atoms with Gasteiger partial charge < -0.3 is 16.1 Å². The zero-order valence-electron chi connectivity index (χ0n) is 14.2. The maximum absolute atomic E-state index is 13.9. The topological polar surface area (TPSA) is 96.3 Å². The fourth-order valence-electron chi connectivity index (χ4n) is 2.82. The standard InChI is InChI=1S/C16H21F2N7S/c17-11-1-2-13(12(18)9-11)25-5-3-24(4-6-25)7-8-26-15-10-14(23-20)21-16(19)22-15/h1-2,9-10H,3-8,20H2,(H3,19,21,22,23). The molecule has 3 rings (SSSR count). The molecule has 0 aliphatic carbocycles. The summed E-state index contributed by atoms with van der Waals surface area (Å²) >= 11 is 1.58. The van der Waals surface area contributed by atoms with Gasteiger partial charge in [-0.15, -0.1) is 11.8 Å². The molecule has 0 radical (unpaired) electrons. The van der Waals surface area contributed by atoms with Crippen LogP contribution in [0.15, 0.2) is 29.3 Å². The number of nitrogens with one attached hydrogen (secondary N) is 1. The van der Waals surface area contributed by atoms with Crippen LogP contribution in [-0.4, -0.2) is 53.3 Å². The maximum Gasteiger partial charge on any atom is 0.223 e. The predicted octanol–water partition coefficient (Wildman–Crippen LogP) is 1.54. The predicted molar refractivity (Wildman–Crippen MR) is 100.0 cm³/mol. The lowest BCUT2D eigenvalue weighted by Crippen LogP contribution is -2.47. The van der Waals surface area contributed by atoms with Crippen LogP contribution in [0.25, 0.3) is 0 Å². The summed E-state index contributed by atoms with van der Waals surface area (Å²) in [5, 5.41) is 0.762. The van der Waals surface area contributed by atoms with Crippen molar-refractivity contribution >= 4 is 29.2 Å². The van der Waals surface area contributed by atoms with Crippen molar-refractivity contribution in [1.82, 2.24) is 14.9 Å². The molecule has 0 spiro atoms. The molecular weight excluding hydrogens is 360 g/mol. The highest BCUT2D eigenvalue weighted by Crippen LogP contribution is 2.22. The number of nitrogen functional groups attached to an aromatic ring is 2. The van der Waals surface area contributed by atoms with Gasteiger partial charge in [-0.25, -0.2) is 19.6 Å². The fraction of sp³-hybridized carbons (Fsp3) is 0.375. The number of rotatable bonds is 6. The minimum absolute atomic E-state index is 0.179.